The van der Waals surface area contributed by atoms with Crippen LogP contribution in [0, 0.1) is 0 Å². The fourth-order valence-corrected chi connectivity index (χ4v) is 1.18. The highest BCUT2D eigenvalue weighted by Crippen LogP contribution is 2.09. The summed E-state index contributed by atoms with van der Waals surface area (Å²) in [6, 6.07) is 3.25. The van der Waals surface area contributed by atoms with E-state index in [0.717, 1.165) is 4.90 Å². The van der Waals surface area contributed by atoms with Gasteiger partial charge in [0.05, 0.1) is 12.0 Å². The van der Waals surface area contributed by atoms with Gasteiger partial charge in [0.25, 0.3) is 0 Å². The second kappa shape index (κ2) is 3.84. The van der Waals surface area contributed by atoms with Gasteiger partial charge in [0.1, 0.15) is 5.15 Å². The number of hydrogen-bond donors (Lipinski definition) is 1. The van der Waals surface area contributed by atoms with Gasteiger partial charge < -0.3 is 10.6 Å². The average molecular weight is 215 g/mol. The molecule has 2 N–H and O–H groups in total. The highest BCUT2D eigenvalue weighted by molar-refractivity contribution is 6.29. The standard InChI is InChI=1S/C9H11ClN4/c10-8-2-1-7(5-13-8)6-14-4-3-12-9(14)11/h1-2,5H,3-4,6H2,(H2,11,12)/i3D2,4D2. The van der Waals surface area contributed by atoms with Crippen LogP contribution in [-0.4, -0.2) is 28.8 Å². The highest BCUT2D eigenvalue weighted by Gasteiger charge is 2.13. The normalized spacial score (nSPS) is 27.2. The van der Waals surface area contributed by atoms with E-state index in [-0.39, 0.29) is 12.5 Å². The van der Waals surface area contributed by atoms with E-state index in [9.17, 15) is 0 Å². The minimum atomic E-state index is -2.36. The fraction of sp³-hybridized carbons (Fsp3) is 0.333. The van der Waals surface area contributed by atoms with Gasteiger partial charge in [0.2, 0.25) is 0 Å². The Bertz CT molecular complexity index is 488. The van der Waals surface area contributed by atoms with E-state index < -0.39 is 13.0 Å². The van der Waals surface area contributed by atoms with Crippen molar-refractivity contribution in [2.45, 2.75) is 6.54 Å². The quantitative estimate of drug-likeness (QED) is 0.744. The third-order valence-corrected chi connectivity index (χ3v) is 1.98. The van der Waals surface area contributed by atoms with Gasteiger partial charge in [-0.25, -0.2) is 4.98 Å². The molecule has 74 valence electrons. The summed E-state index contributed by atoms with van der Waals surface area (Å²) < 4.78 is 30.5. The lowest BCUT2D eigenvalue weighted by molar-refractivity contribution is 0.447. The van der Waals surface area contributed by atoms with Crippen molar-refractivity contribution in [2.75, 3.05) is 13.0 Å². The van der Waals surface area contributed by atoms with Gasteiger partial charge in [-0.05, 0) is 11.6 Å². The number of pyridine rings is 1. The summed E-state index contributed by atoms with van der Waals surface area (Å²) in [6.07, 6.45) is 1.49. The maximum atomic E-state index is 7.74. The molecule has 0 bridgehead atoms. The minimum Gasteiger partial charge on any atom is -0.370 e. The number of halogens is 1. The second-order valence-electron chi connectivity index (χ2n) is 2.77. The van der Waals surface area contributed by atoms with E-state index in [1.807, 2.05) is 0 Å². The first kappa shape index (κ1) is 5.56. The molecule has 2 heterocycles. The Balaban J connectivity index is 2.25. The van der Waals surface area contributed by atoms with Crippen LogP contribution in [0.5, 0.6) is 0 Å². The summed E-state index contributed by atoms with van der Waals surface area (Å²) in [4.78, 5) is 8.44. The Labute approximate surface area is 93.0 Å². The lowest BCUT2D eigenvalue weighted by Crippen LogP contribution is -2.33. The zero-order chi connectivity index (χ0) is 13.6. The molecule has 0 saturated heterocycles. The van der Waals surface area contributed by atoms with E-state index in [1.165, 1.54) is 6.20 Å². The Kier molecular flexibility index (Phi) is 1.52. The molecule has 5 heteroatoms. The van der Waals surface area contributed by atoms with E-state index in [0.29, 0.717) is 10.7 Å². The molecule has 1 aromatic heterocycles. The predicted octanol–water partition coefficient (Wildman–Crippen LogP) is 0.865. The van der Waals surface area contributed by atoms with Crippen LogP contribution in [0.4, 0.5) is 0 Å². The Morgan fingerprint density at radius 1 is 1.64 bits per heavy atom. The lowest BCUT2D eigenvalue weighted by Gasteiger charge is -2.16. The van der Waals surface area contributed by atoms with Gasteiger partial charge in [-0.2, -0.15) is 0 Å². The number of nitrogens with zero attached hydrogens (tertiary/aromatic N) is 3. The largest absolute Gasteiger partial charge is 0.370 e. The van der Waals surface area contributed by atoms with Crippen molar-refractivity contribution >= 4 is 17.6 Å². The molecule has 0 spiro atoms. The zero-order valence-electron chi connectivity index (χ0n) is 11.2. The van der Waals surface area contributed by atoms with Crippen LogP contribution in [-0.2, 0) is 6.54 Å². The van der Waals surface area contributed by atoms with Crippen molar-refractivity contribution in [1.82, 2.24) is 9.88 Å². The molecule has 0 aliphatic carbocycles. The fourth-order valence-electron chi connectivity index (χ4n) is 1.06. The molecule has 0 unspecified atom stereocenters. The smallest absolute Gasteiger partial charge is 0.191 e. The molecule has 0 saturated carbocycles. The van der Waals surface area contributed by atoms with Crippen LogP contribution in [0.1, 0.15) is 11.0 Å². The van der Waals surface area contributed by atoms with E-state index in [2.05, 4.69) is 9.98 Å². The van der Waals surface area contributed by atoms with Gasteiger partial charge in [0, 0.05) is 19.2 Å². The van der Waals surface area contributed by atoms with Crippen molar-refractivity contribution in [2.24, 2.45) is 10.7 Å². The predicted molar refractivity (Wildman–Crippen MR) is 56.1 cm³/mol. The van der Waals surface area contributed by atoms with Crippen LogP contribution in [0.3, 0.4) is 0 Å². The van der Waals surface area contributed by atoms with Crippen LogP contribution in [0.2, 0.25) is 5.15 Å². The summed E-state index contributed by atoms with van der Waals surface area (Å²) >= 11 is 5.65. The average Bonchev–Trinajstić information content (AvgIpc) is 2.40. The molecular formula is C9H11ClN4. The molecule has 1 aromatic rings. The highest BCUT2D eigenvalue weighted by atomic mass is 35.5. The van der Waals surface area contributed by atoms with Gasteiger partial charge in [-0.1, -0.05) is 17.7 Å². The molecule has 0 radical (unpaired) electrons. The van der Waals surface area contributed by atoms with Crippen molar-refractivity contribution in [3.8, 4) is 0 Å². The number of guanidine groups is 1. The van der Waals surface area contributed by atoms with Crippen molar-refractivity contribution in [1.29, 1.82) is 0 Å². The molecule has 0 aromatic carbocycles. The number of aromatic nitrogens is 1. The Hall–Kier alpha value is -1.29. The Morgan fingerprint density at radius 3 is 3.07 bits per heavy atom. The van der Waals surface area contributed by atoms with Gasteiger partial charge in [-0.15, -0.1) is 0 Å². The molecule has 0 amide bonds. The molecule has 1 aliphatic rings. The van der Waals surface area contributed by atoms with Crippen molar-refractivity contribution in [3.63, 3.8) is 0 Å². The third kappa shape index (κ3) is 1.96. The minimum absolute atomic E-state index is 0.0754. The lowest BCUT2D eigenvalue weighted by atomic mass is 10.3. The van der Waals surface area contributed by atoms with Gasteiger partial charge in [-0.3, -0.25) is 4.99 Å². The van der Waals surface area contributed by atoms with E-state index >= 15 is 0 Å². The second-order valence-corrected chi connectivity index (χ2v) is 3.16. The maximum absolute atomic E-state index is 7.74. The summed E-state index contributed by atoms with van der Waals surface area (Å²) in [5, 5.41) is 0.333. The van der Waals surface area contributed by atoms with Crippen LogP contribution >= 0.6 is 11.6 Å². The molecular weight excluding hydrogens is 200 g/mol. The van der Waals surface area contributed by atoms with Crippen LogP contribution < -0.4 is 5.73 Å². The van der Waals surface area contributed by atoms with E-state index in [4.69, 9.17) is 22.8 Å². The van der Waals surface area contributed by atoms with Crippen molar-refractivity contribution < 1.29 is 5.48 Å². The molecule has 0 atom stereocenters. The first-order chi connectivity index (χ1) is 8.24. The topological polar surface area (TPSA) is 54.5 Å². The van der Waals surface area contributed by atoms with Crippen molar-refractivity contribution in [3.05, 3.63) is 29.0 Å². The summed E-state index contributed by atoms with van der Waals surface area (Å²) in [6.45, 7) is -4.58. The molecule has 1 aliphatic heterocycles. The summed E-state index contributed by atoms with van der Waals surface area (Å²) in [5.41, 5.74) is 6.22. The summed E-state index contributed by atoms with van der Waals surface area (Å²) in [5.74, 6) is -0.167. The number of nitrogens with two attached hydrogens (primary N) is 1. The number of rotatable bonds is 2. The number of aliphatic imine (C=N–C) groups is 1. The first-order valence-electron chi connectivity index (χ1n) is 5.97. The van der Waals surface area contributed by atoms with Gasteiger partial charge >= 0.3 is 0 Å². The Morgan fingerprint density at radius 2 is 2.50 bits per heavy atom. The first-order valence-corrected chi connectivity index (χ1v) is 4.35. The van der Waals surface area contributed by atoms with Gasteiger partial charge in [0.15, 0.2) is 5.96 Å². The SMILES string of the molecule is [2H]C1([2H])N=C(N)N(Cc2ccc(Cl)nc2)C1([2H])[2H]. The molecule has 2 rings (SSSR count). The summed E-state index contributed by atoms with van der Waals surface area (Å²) in [7, 11) is 0. The van der Waals surface area contributed by atoms with Crippen LogP contribution in [0.25, 0.3) is 0 Å². The molecule has 14 heavy (non-hydrogen) atoms. The number of hydrogen-bond acceptors (Lipinski definition) is 4. The molecule has 0 fully saturated rings. The third-order valence-electron chi connectivity index (χ3n) is 1.76. The maximum Gasteiger partial charge on any atom is 0.191 e. The van der Waals surface area contributed by atoms with E-state index in [1.54, 1.807) is 12.1 Å². The van der Waals surface area contributed by atoms with Crippen LogP contribution in [0.15, 0.2) is 23.3 Å². The molecule has 4 nitrogen and oxygen atoms in total. The monoisotopic (exact) mass is 214 g/mol. The zero-order valence-corrected chi connectivity index (χ0v) is 7.99.